The summed E-state index contributed by atoms with van der Waals surface area (Å²) in [5, 5.41) is 10.2. The zero-order valence-electron chi connectivity index (χ0n) is 11.6. The van der Waals surface area contributed by atoms with Crippen LogP contribution >= 0.6 is 12.4 Å². The molecule has 1 aromatic carbocycles. The highest BCUT2D eigenvalue weighted by Crippen LogP contribution is 2.31. The molecule has 2 aromatic rings. The lowest BCUT2D eigenvalue weighted by Gasteiger charge is -2.30. The molecule has 1 saturated heterocycles. The summed E-state index contributed by atoms with van der Waals surface area (Å²) in [5.74, 6) is -1.02. The third-order valence-corrected chi connectivity index (χ3v) is 3.76. The van der Waals surface area contributed by atoms with Gasteiger partial charge in [0.05, 0.1) is 11.2 Å². The smallest absolute Gasteiger partial charge is 0.354 e. The molecular formula is C15H18ClN3O2. The molecule has 0 radical (unpaired) electrons. The van der Waals surface area contributed by atoms with E-state index in [0.717, 1.165) is 37.0 Å². The average molecular weight is 308 g/mol. The molecule has 5 nitrogen and oxygen atoms in total. The third-order valence-electron chi connectivity index (χ3n) is 3.76. The van der Waals surface area contributed by atoms with Crippen LogP contribution in [0.15, 0.2) is 24.3 Å². The summed E-state index contributed by atoms with van der Waals surface area (Å²) in [6.07, 6.45) is 3.50. The molecule has 0 saturated carbocycles. The minimum Gasteiger partial charge on any atom is -0.477 e. The Morgan fingerprint density at radius 1 is 1.24 bits per heavy atom. The first-order chi connectivity index (χ1) is 9.66. The van der Waals surface area contributed by atoms with Crippen molar-refractivity contribution in [3.05, 3.63) is 30.0 Å². The summed E-state index contributed by atoms with van der Waals surface area (Å²) >= 11 is 0. The predicted molar refractivity (Wildman–Crippen MR) is 86.4 cm³/mol. The summed E-state index contributed by atoms with van der Waals surface area (Å²) in [5.41, 5.74) is 8.03. The molecule has 0 bridgehead atoms. The lowest BCUT2D eigenvalue weighted by molar-refractivity contribution is 0.0691. The van der Waals surface area contributed by atoms with Crippen LogP contribution in [0.4, 0.5) is 11.4 Å². The number of aromatic carboxylic acids is 1. The molecule has 6 heteroatoms. The minimum atomic E-state index is -1.02. The minimum absolute atomic E-state index is 0. The molecule has 1 fully saturated rings. The van der Waals surface area contributed by atoms with Crippen LogP contribution in [0.1, 0.15) is 29.8 Å². The number of carboxylic acid groups (broad SMARTS) is 1. The van der Waals surface area contributed by atoms with Gasteiger partial charge in [0.25, 0.3) is 0 Å². The molecule has 3 rings (SSSR count). The zero-order chi connectivity index (χ0) is 14.1. The number of para-hydroxylation sites is 1. The molecule has 0 amide bonds. The van der Waals surface area contributed by atoms with Crippen molar-refractivity contribution in [2.45, 2.75) is 19.3 Å². The van der Waals surface area contributed by atoms with E-state index in [1.54, 1.807) is 12.1 Å². The van der Waals surface area contributed by atoms with Gasteiger partial charge in [-0.3, -0.25) is 0 Å². The van der Waals surface area contributed by atoms with E-state index in [1.807, 2.05) is 12.1 Å². The van der Waals surface area contributed by atoms with Crippen molar-refractivity contribution in [3.63, 3.8) is 0 Å². The van der Waals surface area contributed by atoms with E-state index in [9.17, 15) is 9.90 Å². The quantitative estimate of drug-likeness (QED) is 0.834. The van der Waals surface area contributed by atoms with Crippen LogP contribution in [0.2, 0.25) is 0 Å². The van der Waals surface area contributed by atoms with Gasteiger partial charge in [0, 0.05) is 24.2 Å². The topological polar surface area (TPSA) is 79.5 Å². The SMILES string of the molecule is Cl.Nc1cccc2c(N3CCCCC3)cc(C(=O)O)nc12. The largest absolute Gasteiger partial charge is 0.477 e. The van der Waals surface area contributed by atoms with E-state index in [0.29, 0.717) is 11.2 Å². The second-order valence-electron chi connectivity index (χ2n) is 5.12. The Kier molecular flexibility index (Phi) is 4.53. The van der Waals surface area contributed by atoms with Crippen molar-refractivity contribution in [1.82, 2.24) is 4.98 Å². The maximum atomic E-state index is 11.3. The maximum absolute atomic E-state index is 11.3. The van der Waals surface area contributed by atoms with Gasteiger partial charge < -0.3 is 15.7 Å². The number of nitrogens with two attached hydrogens (primary N) is 1. The average Bonchev–Trinajstić information content (AvgIpc) is 2.47. The maximum Gasteiger partial charge on any atom is 0.354 e. The van der Waals surface area contributed by atoms with Gasteiger partial charge in [0.1, 0.15) is 0 Å². The molecule has 0 atom stereocenters. The summed E-state index contributed by atoms with van der Waals surface area (Å²) in [4.78, 5) is 17.7. The number of halogens is 1. The molecule has 3 N–H and O–H groups in total. The van der Waals surface area contributed by atoms with Crippen LogP contribution in [-0.2, 0) is 0 Å². The van der Waals surface area contributed by atoms with Gasteiger partial charge in [-0.15, -0.1) is 12.4 Å². The molecule has 1 aliphatic heterocycles. The molecule has 0 aliphatic carbocycles. The van der Waals surface area contributed by atoms with Crippen molar-refractivity contribution in [2.75, 3.05) is 23.7 Å². The number of rotatable bonds is 2. The fraction of sp³-hybridized carbons (Fsp3) is 0.333. The van der Waals surface area contributed by atoms with Crippen LogP contribution in [-0.4, -0.2) is 29.1 Å². The second-order valence-corrected chi connectivity index (χ2v) is 5.12. The highest BCUT2D eigenvalue weighted by molar-refractivity contribution is 6.01. The van der Waals surface area contributed by atoms with Crippen LogP contribution in [0, 0.1) is 0 Å². The number of nitrogens with zero attached hydrogens (tertiary/aromatic N) is 2. The lowest BCUT2D eigenvalue weighted by atomic mass is 10.1. The fourth-order valence-electron chi connectivity index (χ4n) is 2.76. The van der Waals surface area contributed by atoms with Gasteiger partial charge in [0.15, 0.2) is 5.69 Å². The molecule has 1 aromatic heterocycles. The van der Waals surface area contributed by atoms with E-state index in [4.69, 9.17) is 5.73 Å². The Balaban J connectivity index is 0.00000161. The molecule has 1 aliphatic rings. The number of benzene rings is 1. The van der Waals surface area contributed by atoms with Crippen LogP contribution in [0.3, 0.4) is 0 Å². The number of hydrogen-bond acceptors (Lipinski definition) is 4. The Labute approximate surface area is 129 Å². The molecule has 0 unspecified atom stereocenters. The van der Waals surface area contributed by atoms with Crippen molar-refractivity contribution < 1.29 is 9.90 Å². The summed E-state index contributed by atoms with van der Waals surface area (Å²) in [6.45, 7) is 1.90. The number of nitrogen functional groups attached to an aromatic ring is 1. The van der Waals surface area contributed by atoms with E-state index < -0.39 is 5.97 Å². The zero-order valence-corrected chi connectivity index (χ0v) is 12.4. The Hall–Kier alpha value is -2.01. The number of fused-ring (bicyclic) bond motifs is 1. The molecule has 0 spiro atoms. The standard InChI is InChI=1S/C15H17N3O2.ClH/c16-11-6-4-5-10-13(18-7-2-1-3-8-18)9-12(15(19)20)17-14(10)11;/h4-6,9H,1-3,7-8,16H2,(H,19,20);1H. The van der Waals surface area contributed by atoms with E-state index >= 15 is 0 Å². The van der Waals surface area contributed by atoms with Gasteiger partial charge >= 0.3 is 5.97 Å². The highest BCUT2D eigenvalue weighted by Gasteiger charge is 2.18. The lowest BCUT2D eigenvalue weighted by Crippen LogP contribution is -2.29. The molecule has 112 valence electrons. The number of aromatic nitrogens is 1. The number of carboxylic acids is 1. The molecule has 2 heterocycles. The fourth-order valence-corrected chi connectivity index (χ4v) is 2.76. The summed E-state index contributed by atoms with van der Waals surface area (Å²) < 4.78 is 0. The van der Waals surface area contributed by atoms with Crippen molar-refractivity contribution in [3.8, 4) is 0 Å². The van der Waals surface area contributed by atoms with E-state index in [1.165, 1.54) is 6.42 Å². The first-order valence-electron chi connectivity index (χ1n) is 6.84. The van der Waals surface area contributed by atoms with Crippen molar-refractivity contribution >= 4 is 40.7 Å². The molecular weight excluding hydrogens is 290 g/mol. The Morgan fingerprint density at radius 2 is 1.95 bits per heavy atom. The van der Waals surface area contributed by atoms with Gasteiger partial charge in [-0.2, -0.15) is 0 Å². The van der Waals surface area contributed by atoms with Crippen molar-refractivity contribution in [2.24, 2.45) is 0 Å². The number of hydrogen-bond donors (Lipinski definition) is 2. The number of pyridine rings is 1. The van der Waals surface area contributed by atoms with Crippen LogP contribution < -0.4 is 10.6 Å². The van der Waals surface area contributed by atoms with E-state index in [-0.39, 0.29) is 18.1 Å². The second kappa shape index (κ2) is 6.18. The van der Waals surface area contributed by atoms with Gasteiger partial charge in [-0.1, -0.05) is 12.1 Å². The summed E-state index contributed by atoms with van der Waals surface area (Å²) in [7, 11) is 0. The predicted octanol–water partition coefficient (Wildman–Crippen LogP) is 2.93. The molecule has 21 heavy (non-hydrogen) atoms. The number of carbonyl (C=O) groups is 1. The summed E-state index contributed by atoms with van der Waals surface area (Å²) in [6, 6.07) is 7.25. The van der Waals surface area contributed by atoms with Gasteiger partial charge in [0.2, 0.25) is 0 Å². The Morgan fingerprint density at radius 3 is 2.62 bits per heavy atom. The highest BCUT2D eigenvalue weighted by atomic mass is 35.5. The van der Waals surface area contributed by atoms with Crippen LogP contribution in [0.25, 0.3) is 10.9 Å². The van der Waals surface area contributed by atoms with E-state index in [2.05, 4.69) is 9.88 Å². The normalized spacial score (nSPS) is 14.8. The first-order valence-corrected chi connectivity index (χ1v) is 6.84. The number of anilines is 2. The van der Waals surface area contributed by atoms with Crippen molar-refractivity contribution in [1.29, 1.82) is 0 Å². The first kappa shape index (κ1) is 15.4. The van der Waals surface area contributed by atoms with Gasteiger partial charge in [-0.25, -0.2) is 9.78 Å². The van der Waals surface area contributed by atoms with Gasteiger partial charge in [-0.05, 0) is 31.4 Å². The number of piperidine rings is 1. The monoisotopic (exact) mass is 307 g/mol. The van der Waals surface area contributed by atoms with Crippen LogP contribution in [0.5, 0.6) is 0 Å². The Bertz CT molecular complexity index is 669. The third kappa shape index (κ3) is 2.88.